The number of furan rings is 1. The van der Waals surface area contributed by atoms with Gasteiger partial charge in [0.25, 0.3) is 0 Å². The van der Waals surface area contributed by atoms with Crippen molar-refractivity contribution in [2.45, 2.75) is 32.3 Å². The molecule has 0 spiro atoms. The second-order valence-electron chi connectivity index (χ2n) is 6.16. The van der Waals surface area contributed by atoms with Crippen molar-refractivity contribution >= 4 is 22.3 Å². The summed E-state index contributed by atoms with van der Waals surface area (Å²) in [6, 6.07) is 10.4. The molecule has 1 aromatic carbocycles. The summed E-state index contributed by atoms with van der Waals surface area (Å²) in [5.74, 6) is -0.0371. The van der Waals surface area contributed by atoms with Gasteiger partial charge in [0.1, 0.15) is 11.9 Å². The molecule has 1 unspecified atom stereocenters. The number of aliphatic hydroxyl groups is 1. The van der Waals surface area contributed by atoms with Crippen LogP contribution in [0.3, 0.4) is 0 Å². The summed E-state index contributed by atoms with van der Waals surface area (Å²) in [4.78, 5) is 2.00. The van der Waals surface area contributed by atoms with Gasteiger partial charge in [-0.3, -0.25) is 0 Å². The first-order chi connectivity index (χ1) is 9.86. The Hall–Kier alpha value is -1.65. The van der Waals surface area contributed by atoms with Crippen molar-refractivity contribution < 1.29 is 13.9 Å². The van der Waals surface area contributed by atoms with Gasteiger partial charge in [-0.25, -0.2) is 4.39 Å². The van der Waals surface area contributed by atoms with E-state index < -0.39 is 11.9 Å². The molecule has 2 aromatic heterocycles. The van der Waals surface area contributed by atoms with Crippen molar-refractivity contribution in [3.63, 3.8) is 0 Å². The smallest absolute Gasteiger partial charge is 0.170 e. The van der Waals surface area contributed by atoms with Crippen LogP contribution in [0.2, 0.25) is 0 Å². The number of halogens is 1. The highest BCUT2D eigenvalue weighted by atomic mass is 32.1. The molecule has 110 valence electrons. The van der Waals surface area contributed by atoms with E-state index in [1.54, 1.807) is 29.5 Å². The topological polar surface area (TPSA) is 33.4 Å². The zero-order chi connectivity index (χ0) is 15.2. The van der Waals surface area contributed by atoms with E-state index in [4.69, 9.17) is 4.42 Å². The van der Waals surface area contributed by atoms with Gasteiger partial charge < -0.3 is 9.52 Å². The summed E-state index contributed by atoms with van der Waals surface area (Å²) in [7, 11) is 0. The molecule has 4 heteroatoms. The fourth-order valence-electron chi connectivity index (χ4n) is 2.23. The lowest BCUT2D eigenvalue weighted by atomic mass is 9.95. The number of aliphatic hydroxyl groups excluding tert-OH is 1. The summed E-state index contributed by atoms with van der Waals surface area (Å²) >= 11 is 1.55. The largest absolute Gasteiger partial charge is 0.455 e. The van der Waals surface area contributed by atoms with Crippen LogP contribution in [0.25, 0.3) is 11.0 Å². The van der Waals surface area contributed by atoms with Crippen LogP contribution >= 0.6 is 11.3 Å². The average Bonchev–Trinajstić information content (AvgIpc) is 3.05. The minimum atomic E-state index is -0.863. The summed E-state index contributed by atoms with van der Waals surface area (Å²) in [5, 5.41) is 11.1. The molecule has 1 N–H and O–H groups in total. The number of para-hydroxylation sites is 1. The van der Waals surface area contributed by atoms with Gasteiger partial charge in [0, 0.05) is 15.1 Å². The van der Waals surface area contributed by atoms with Crippen molar-refractivity contribution in [1.29, 1.82) is 0 Å². The standard InChI is InChI=1S/C17H17FO2S/c1-17(2,3)14-8-7-13(21-14)15(19)12-9-10-5-4-6-11(18)16(10)20-12/h4-9,15,19H,1-3H3. The molecule has 0 aliphatic carbocycles. The highest BCUT2D eigenvalue weighted by Crippen LogP contribution is 2.36. The quantitative estimate of drug-likeness (QED) is 0.721. The van der Waals surface area contributed by atoms with E-state index in [0.717, 1.165) is 4.88 Å². The molecule has 0 bridgehead atoms. The van der Waals surface area contributed by atoms with E-state index in [1.165, 1.54) is 10.9 Å². The maximum atomic E-state index is 13.7. The van der Waals surface area contributed by atoms with Crippen molar-refractivity contribution in [1.82, 2.24) is 0 Å². The Kier molecular flexibility index (Phi) is 3.38. The van der Waals surface area contributed by atoms with Gasteiger partial charge in [-0.05, 0) is 29.7 Å². The third-order valence-electron chi connectivity index (χ3n) is 3.42. The SMILES string of the molecule is CC(C)(C)c1ccc(C(O)c2cc3cccc(F)c3o2)s1. The summed E-state index contributed by atoms with van der Waals surface area (Å²) in [6.45, 7) is 6.39. The van der Waals surface area contributed by atoms with E-state index in [9.17, 15) is 9.50 Å². The summed E-state index contributed by atoms with van der Waals surface area (Å²) in [6.07, 6.45) is -0.863. The lowest BCUT2D eigenvalue weighted by Gasteiger charge is -2.15. The van der Waals surface area contributed by atoms with Crippen LogP contribution in [-0.4, -0.2) is 5.11 Å². The zero-order valence-corrected chi connectivity index (χ0v) is 13.0. The predicted octanol–water partition coefficient (Wildman–Crippen LogP) is 5.01. The Labute approximate surface area is 126 Å². The summed E-state index contributed by atoms with van der Waals surface area (Å²) in [5.41, 5.74) is 0.238. The molecule has 0 saturated heterocycles. The van der Waals surface area contributed by atoms with Gasteiger partial charge in [0.2, 0.25) is 0 Å². The third kappa shape index (κ3) is 2.61. The number of rotatable bonds is 2. The molecule has 21 heavy (non-hydrogen) atoms. The molecule has 2 nitrogen and oxygen atoms in total. The first kappa shape index (κ1) is 14.3. The van der Waals surface area contributed by atoms with Crippen LogP contribution in [0.15, 0.2) is 40.8 Å². The van der Waals surface area contributed by atoms with Crippen LogP contribution in [0.4, 0.5) is 4.39 Å². The monoisotopic (exact) mass is 304 g/mol. The molecule has 0 fully saturated rings. The molecule has 2 heterocycles. The van der Waals surface area contributed by atoms with Gasteiger partial charge in [0.15, 0.2) is 11.4 Å². The maximum absolute atomic E-state index is 13.7. The van der Waals surface area contributed by atoms with Crippen molar-refractivity contribution in [2.75, 3.05) is 0 Å². The van der Waals surface area contributed by atoms with Crippen LogP contribution < -0.4 is 0 Å². The number of benzene rings is 1. The Balaban J connectivity index is 1.98. The van der Waals surface area contributed by atoms with E-state index in [0.29, 0.717) is 11.1 Å². The molecule has 0 saturated carbocycles. The van der Waals surface area contributed by atoms with Crippen molar-refractivity contribution in [3.8, 4) is 0 Å². The fourth-order valence-corrected chi connectivity index (χ4v) is 3.29. The molecule has 3 aromatic rings. The van der Waals surface area contributed by atoms with Crippen LogP contribution in [0, 0.1) is 5.82 Å². The van der Waals surface area contributed by atoms with E-state index in [1.807, 2.05) is 12.1 Å². The fraction of sp³-hybridized carbons (Fsp3) is 0.294. The van der Waals surface area contributed by atoms with Crippen molar-refractivity contribution in [3.05, 3.63) is 57.7 Å². The van der Waals surface area contributed by atoms with E-state index in [2.05, 4.69) is 20.8 Å². The van der Waals surface area contributed by atoms with E-state index in [-0.39, 0.29) is 11.0 Å². The highest BCUT2D eigenvalue weighted by Gasteiger charge is 2.22. The van der Waals surface area contributed by atoms with Crippen LogP contribution in [0.5, 0.6) is 0 Å². The lowest BCUT2D eigenvalue weighted by molar-refractivity contribution is 0.195. The second-order valence-corrected chi connectivity index (χ2v) is 7.28. The molecular weight excluding hydrogens is 287 g/mol. The first-order valence-electron chi connectivity index (χ1n) is 6.82. The van der Waals surface area contributed by atoms with Gasteiger partial charge >= 0.3 is 0 Å². The Bertz CT molecular complexity index is 780. The second kappa shape index (κ2) is 4.97. The Morgan fingerprint density at radius 2 is 1.95 bits per heavy atom. The van der Waals surface area contributed by atoms with Gasteiger partial charge in [-0.1, -0.05) is 32.9 Å². The number of hydrogen-bond donors (Lipinski definition) is 1. The minimum Gasteiger partial charge on any atom is -0.455 e. The van der Waals surface area contributed by atoms with Gasteiger partial charge in [-0.15, -0.1) is 11.3 Å². The molecular formula is C17H17FO2S. The maximum Gasteiger partial charge on any atom is 0.170 e. The molecule has 0 aliphatic heterocycles. The van der Waals surface area contributed by atoms with Crippen LogP contribution in [0.1, 0.15) is 42.4 Å². The summed E-state index contributed by atoms with van der Waals surface area (Å²) < 4.78 is 19.1. The molecule has 3 rings (SSSR count). The molecule has 0 radical (unpaired) electrons. The normalized spacial score (nSPS) is 13.8. The molecule has 0 amide bonds. The Morgan fingerprint density at radius 3 is 2.57 bits per heavy atom. The molecule has 1 atom stereocenters. The highest BCUT2D eigenvalue weighted by molar-refractivity contribution is 7.12. The predicted molar refractivity (Wildman–Crippen MR) is 83.3 cm³/mol. The van der Waals surface area contributed by atoms with E-state index >= 15 is 0 Å². The minimum absolute atomic E-state index is 0.0443. The van der Waals surface area contributed by atoms with Crippen LogP contribution in [-0.2, 0) is 5.41 Å². The van der Waals surface area contributed by atoms with Gasteiger partial charge in [0.05, 0.1) is 0 Å². The Morgan fingerprint density at radius 1 is 1.19 bits per heavy atom. The zero-order valence-electron chi connectivity index (χ0n) is 12.2. The first-order valence-corrected chi connectivity index (χ1v) is 7.64. The van der Waals surface area contributed by atoms with Crippen molar-refractivity contribution in [2.24, 2.45) is 0 Å². The number of fused-ring (bicyclic) bond motifs is 1. The number of hydrogen-bond acceptors (Lipinski definition) is 3. The lowest BCUT2D eigenvalue weighted by Crippen LogP contribution is -2.07. The average molecular weight is 304 g/mol. The third-order valence-corrected chi connectivity index (χ3v) is 4.98. The number of thiophene rings is 1. The molecule has 0 aliphatic rings. The van der Waals surface area contributed by atoms with Gasteiger partial charge in [-0.2, -0.15) is 0 Å².